The molecule has 0 saturated heterocycles. The van der Waals surface area contributed by atoms with Gasteiger partial charge in [0, 0.05) is 16.5 Å². The number of hydrogen-bond acceptors (Lipinski definition) is 5. The van der Waals surface area contributed by atoms with Gasteiger partial charge in [-0.1, -0.05) is 15.9 Å². The van der Waals surface area contributed by atoms with Crippen molar-refractivity contribution in [2.45, 2.75) is 12.5 Å². The number of quaternary nitrogens is 1. The molecule has 0 unspecified atom stereocenters. The molecule has 0 spiro atoms. The molecular weight excluding hydrogens is 470 g/mol. The summed E-state index contributed by atoms with van der Waals surface area (Å²) < 4.78 is 13.4. The molecule has 2 heterocycles. The number of aromatic amines is 1. The number of hydrogen-bond donors (Lipinski definition) is 3. The molecule has 3 aromatic rings. The van der Waals surface area contributed by atoms with Gasteiger partial charge in [-0.15, -0.1) is 0 Å². The number of methoxy groups -OCH3 is 2. The van der Waals surface area contributed by atoms with E-state index in [2.05, 4.69) is 20.9 Å². The number of H-pyrrole nitrogens is 1. The number of rotatable bonds is 4. The van der Waals surface area contributed by atoms with Crippen LogP contribution in [-0.2, 0) is 6.42 Å². The van der Waals surface area contributed by atoms with Gasteiger partial charge < -0.3 is 19.9 Å². The van der Waals surface area contributed by atoms with Gasteiger partial charge in [0.05, 0.1) is 26.5 Å². The van der Waals surface area contributed by atoms with Crippen LogP contribution in [0.1, 0.15) is 22.7 Å². The van der Waals surface area contributed by atoms with Gasteiger partial charge in [0.1, 0.15) is 11.6 Å². The van der Waals surface area contributed by atoms with Crippen molar-refractivity contribution < 1.29 is 19.9 Å². The van der Waals surface area contributed by atoms with Crippen LogP contribution in [0.2, 0.25) is 0 Å². The van der Waals surface area contributed by atoms with E-state index in [-0.39, 0.29) is 16.2 Å². The average molecular weight is 491 g/mol. The van der Waals surface area contributed by atoms with E-state index in [1.165, 1.54) is 4.57 Å². The van der Waals surface area contributed by atoms with E-state index in [9.17, 15) is 9.90 Å². The van der Waals surface area contributed by atoms with Crippen molar-refractivity contribution in [3.63, 3.8) is 0 Å². The van der Waals surface area contributed by atoms with E-state index >= 15 is 0 Å². The number of nitrogens with two attached hydrogens (primary N) is 1. The lowest BCUT2D eigenvalue weighted by Gasteiger charge is -2.26. The van der Waals surface area contributed by atoms with Crippen molar-refractivity contribution >= 4 is 28.1 Å². The Morgan fingerprint density at radius 1 is 1.20 bits per heavy atom. The van der Waals surface area contributed by atoms with Gasteiger partial charge in [-0.2, -0.15) is 0 Å². The predicted octanol–water partition coefficient (Wildman–Crippen LogP) is 2.59. The van der Waals surface area contributed by atoms with Gasteiger partial charge in [-0.3, -0.25) is 14.3 Å². The average Bonchev–Trinajstić information content (AvgIpc) is 2.73. The molecule has 0 amide bonds. The van der Waals surface area contributed by atoms with Crippen LogP contribution in [0.3, 0.4) is 0 Å². The summed E-state index contributed by atoms with van der Waals surface area (Å²) in [5.74, 6) is 1.05. The minimum Gasteiger partial charge on any atom is -0.494 e. The third-order valence-corrected chi connectivity index (χ3v) is 6.13. The zero-order valence-corrected chi connectivity index (χ0v) is 18.8. The second kappa shape index (κ2) is 8.25. The number of nitrogens with one attached hydrogen (secondary N) is 1. The molecule has 1 atom stereocenters. The summed E-state index contributed by atoms with van der Waals surface area (Å²) in [6.45, 7) is 0.764. The predicted molar refractivity (Wildman–Crippen MR) is 118 cm³/mol. The highest BCUT2D eigenvalue weighted by molar-refractivity contribution is 9.10. The first kappa shape index (κ1) is 20.6. The van der Waals surface area contributed by atoms with Crippen LogP contribution in [0.15, 0.2) is 45.7 Å². The van der Waals surface area contributed by atoms with Crippen LogP contribution in [-0.4, -0.2) is 35.4 Å². The van der Waals surface area contributed by atoms with E-state index in [0.29, 0.717) is 17.2 Å². The molecule has 4 N–H and O–H groups in total. The monoisotopic (exact) mass is 490 g/mol. The molecule has 1 aliphatic heterocycles. The second-order valence-corrected chi connectivity index (χ2v) is 8.27. The quantitative estimate of drug-likeness (QED) is 0.488. The maximum absolute atomic E-state index is 12.9. The fraction of sp³-hybridized carbons (Fsp3) is 0.238. The molecule has 4 rings (SSSR count). The minimum absolute atomic E-state index is 0.131. The molecule has 0 radical (unpaired) electrons. The minimum atomic E-state index is -0.408. The normalized spacial score (nSPS) is 15.5. The Hall–Kier alpha value is -2.62. The number of nitrogens with zero attached hydrogens (tertiary/aromatic N) is 1. The van der Waals surface area contributed by atoms with Crippen LogP contribution < -0.4 is 20.3 Å². The van der Waals surface area contributed by atoms with E-state index < -0.39 is 11.6 Å². The maximum Gasteiger partial charge on any atom is 0.265 e. The van der Waals surface area contributed by atoms with Gasteiger partial charge >= 0.3 is 0 Å². The second-order valence-electron chi connectivity index (χ2n) is 6.97. The van der Waals surface area contributed by atoms with E-state index in [1.807, 2.05) is 41.7 Å². The molecule has 0 aliphatic carbocycles. The lowest BCUT2D eigenvalue weighted by Crippen LogP contribution is -2.87. The van der Waals surface area contributed by atoms with Crippen LogP contribution >= 0.6 is 28.1 Å². The van der Waals surface area contributed by atoms with Crippen LogP contribution in [0, 0.1) is 4.77 Å². The number of aromatic hydroxyl groups is 1. The lowest BCUT2D eigenvalue weighted by molar-refractivity contribution is -0.690. The summed E-state index contributed by atoms with van der Waals surface area (Å²) in [5, 5.41) is 13.2. The fourth-order valence-electron chi connectivity index (χ4n) is 3.90. The van der Waals surface area contributed by atoms with Gasteiger partial charge in [0.15, 0.2) is 16.3 Å². The lowest BCUT2D eigenvalue weighted by atomic mass is 9.90. The van der Waals surface area contributed by atoms with Crippen molar-refractivity contribution in [3.8, 4) is 23.1 Å². The molecule has 7 nitrogen and oxygen atoms in total. The molecule has 9 heteroatoms. The standard InChI is InChI=1S/C21H20BrN3O4S/c1-28-15-9-11-7-8-23-18(14(11)10-16(15)29-2)17-19(26)24-21(30)25(20(17)27)13-5-3-12(22)4-6-13/h3-6,9-10,18,23,27H,7-8H2,1-2H3,(H,24,26,30)/p+1/t18-/m1/s1. The number of ether oxygens (including phenoxy) is 2. The highest BCUT2D eigenvalue weighted by Gasteiger charge is 2.33. The van der Waals surface area contributed by atoms with Crippen molar-refractivity contribution in [2.75, 3.05) is 20.8 Å². The Morgan fingerprint density at radius 3 is 2.53 bits per heavy atom. The topological polar surface area (TPSA) is 93.1 Å². The van der Waals surface area contributed by atoms with Gasteiger partial charge in [0.2, 0.25) is 5.88 Å². The molecule has 30 heavy (non-hydrogen) atoms. The smallest absolute Gasteiger partial charge is 0.265 e. The number of aromatic nitrogens is 2. The van der Waals surface area contributed by atoms with Crippen LogP contribution in [0.25, 0.3) is 5.69 Å². The third-order valence-electron chi connectivity index (χ3n) is 5.31. The first-order valence-electron chi connectivity index (χ1n) is 9.36. The van der Waals surface area contributed by atoms with Crippen molar-refractivity contribution in [3.05, 3.63) is 72.7 Å². The van der Waals surface area contributed by atoms with E-state index in [0.717, 1.165) is 28.6 Å². The fourth-order valence-corrected chi connectivity index (χ4v) is 4.45. The van der Waals surface area contributed by atoms with Gasteiger partial charge in [-0.25, -0.2) is 0 Å². The molecule has 156 valence electrons. The van der Waals surface area contributed by atoms with E-state index in [1.54, 1.807) is 14.2 Å². The molecular formula is C21H21BrN3O4S+. The Balaban J connectivity index is 1.93. The Kier molecular flexibility index (Phi) is 5.68. The zero-order chi connectivity index (χ0) is 21.4. The first-order valence-corrected chi connectivity index (χ1v) is 10.6. The molecule has 0 saturated carbocycles. The molecule has 1 aliphatic rings. The summed E-state index contributed by atoms with van der Waals surface area (Å²) in [6.07, 6.45) is 0.816. The largest absolute Gasteiger partial charge is 0.494 e. The summed E-state index contributed by atoms with van der Waals surface area (Å²) >= 11 is 8.75. The van der Waals surface area contributed by atoms with Gasteiger partial charge in [0.25, 0.3) is 5.56 Å². The van der Waals surface area contributed by atoms with E-state index in [4.69, 9.17) is 21.7 Å². The highest BCUT2D eigenvalue weighted by Crippen LogP contribution is 2.36. The molecule has 2 aromatic carbocycles. The molecule has 0 fully saturated rings. The molecule has 1 aromatic heterocycles. The zero-order valence-electron chi connectivity index (χ0n) is 16.4. The number of benzene rings is 2. The highest BCUT2D eigenvalue weighted by atomic mass is 79.9. The van der Waals surface area contributed by atoms with Crippen LogP contribution in [0.4, 0.5) is 0 Å². The maximum atomic E-state index is 12.9. The Morgan fingerprint density at radius 2 is 1.87 bits per heavy atom. The summed E-state index contributed by atoms with van der Waals surface area (Å²) in [4.78, 5) is 15.6. The van der Waals surface area contributed by atoms with Crippen molar-refractivity contribution in [1.82, 2.24) is 9.55 Å². The van der Waals surface area contributed by atoms with Crippen molar-refractivity contribution in [2.24, 2.45) is 0 Å². The van der Waals surface area contributed by atoms with Gasteiger partial charge in [-0.05, 0) is 54.2 Å². The number of halogens is 1. The Labute approximate surface area is 186 Å². The third kappa shape index (κ3) is 3.53. The Bertz CT molecular complexity index is 1220. The van der Waals surface area contributed by atoms with Crippen LogP contribution in [0.5, 0.6) is 17.4 Å². The van der Waals surface area contributed by atoms with Crippen molar-refractivity contribution in [1.29, 1.82) is 0 Å². The summed E-state index contributed by atoms with van der Waals surface area (Å²) in [5.41, 5.74) is 2.45. The first-order chi connectivity index (χ1) is 14.4. The number of fused-ring (bicyclic) bond motifs is 1. The summed E-state index contributed by atoms with van der Waals surface area (Å²) in [7, 11) is 3.17. The SMILES string of the molecule is COc1cc2c(cc1OC)[C@H](c1c(O)n(-c3ccc(Br)cc3)c(=S)[nH]c1=O)[NH2+]CC2. The summed E-state index contributed by atoms with van der Waals surface area (Å²) in [6, 6.07) is 10.7. The molecule has 0 bridgehead atoms.